The summed E-state index contributed by atoms with van der Waals surface area (Å²) in [5.74, 6) is 1.96. The van der Waals surface area contributed by atoms with Gasteiger partial charge in [-0.2, -0.15) is 0 Å². The van der Waals surface area contributed by atoms with E-state index in [4.69, 9.17) is 15.0 Å². The van der Waals surface area contributed by atoms with E-state index in [2.05, 4.69) is 127 Å². The molecule has 2 aromatic heterocycles. The molecule has 0 saturated carbocycles. The maximum Gasteiger partial charge on any atom is 0.164 e. The summed E-state index contributed by atoms with van der Waals surface area (Å²) in [5.41, 5.74) is 7.69. The maximum absolute atomic E-state index is 5.04. The molecule has 0 amide bonds. The second-order valence-electron chi connectivity index (χ2n) is 14.0. The molecule has 4 heteroatoms. The molecule has 0 atom stereocenters. The van der Waals surface area contributed by atoms with Gasteiger partial charge in [0.15, 0.2) is 17.5 Å². The van der Waals surface area contributed by atoms with Gasteiger partial charge in [-0.05, 0) is 91.0 Å². The largest absolute Gasteiger partial charge is 0.208 e. The number of benzene rings is 9. The van der Waals surface area contributed by atoms with Crippen LogP contribution in [0.3, 0.4) is 0 Å². The molecule has 0 unspecified atom stereocenters. The van der Waals surface area contributed by atoms with E-state index >= 15 is 0 Å². The summed E-state index contributed by atoms with van der Waals surface area (Å²) in [6.45, 7) is 0. The number of nitrogens with zero attached hydrogens (tertiary/aromatic N) is 3. The van der Waals surface area contributed by atoms with E-state index in [1.165, 1.54) is 74.7 Å². The number of fused-ring (bicyclic) bond motifs is 9. The normalized spacial score (nSPS) is 11.6. The molecule has 9 aromatic carbocycles. The van der Waals surface area contributed by atoms with Crippen molar-refractivity contribution in [1.82, 2.24) is 15.0 Å². The van der Waals surface area contributed by atoms with Crippen LogP contribution in [0.15, 0.2) is 188 Å². The van der Waals surface area contributed by atoms with Crippen LogP contribution in [0.1, 0.15) is 0 Å². The molecule has 2 heterocycles. The molecule has 0 aliphatic rings. The minimum Gasteiger partial charge on any atom is -0.208 e. The van der Waals surface area contributed by atoms with Crippen molar-refractivity contribution in [3.05, 3.63) is 188 Å². The van der Waals surface area contributed by atoms with Gasteiger partial charge >= 0.3 is 0 Å². The van der Waals surface area contributed by atoms with Crippen molar-refractivity contribution in [2.24, 2.45) is 0 Å². The Hall–Kier alpha value is -7.01. The Morgan fingerprint density at radius 2 is 0.636 bits per heavy atom. The summed E-state index contributed by atoms with van der Waals surface area (Å²) in [6.07, 6.45) is 0. The van der Waals surface area contributed by atoms with Crippen molar-refractivity contribution in [3.8, 4) is 56.4 Å². The highest BCUT2D eigenvalue weighted by Gasteiger charge is 2.16. The highest BCUT2D eigenvalue weighted by molar-refractivity contribution is 7.25. The molecule has 3 nitrogen and oxygen atoms in total. The minimum absolute atomic E-state index is 0.651. The number of thiophene rings is 1. The third kappa shape index (κ3) is 5.46. The van der Waals surface area contributed by atoms with Crippen LogP contribution in [-0.2, 0) is 0 Å². The summed E-state index contributed by atoms with van der Waals surface area (Å²) in [6, 6.07) is 67.1. The Morgan fingerprint density at radius 1 is 0.236 bits per heavy atom. The lowest BCUT2D eigenvalue weighted by atomic mass is 9.90. The van der Waals surface area contributed by atoms with E-state index in [1.807, 2.05) is 72.0 Å². The quantitative estimate of drug-likeness (QED) is 0.166. The number of hydrogen-bond donors (Lipinski definition) is 0. The van der Waals surface area contributed by atoms with Gasteiger partial charge < -0.3 is 0 Å². The fourth-order valence-electron chi connectivity index (χ4n) is 8.00. The summed E-state index contributed by atoms with van der Waals surface area (Å²) in [5, 5.41) is 9.90. The van der Waals surface area contributed by atoms with Crippen molar-refractivity contribution >= 4 is 63.8 Å². The van der Waals surface area contributed by atoms with Crippen molar-refractivity contribution in [2.75, 3.05) is 0 Å². The molecule has 0 spiro atoms. The molecule has 0 aliphatic heterocycles. The Kier molecular flexibility index (Phi) is 7.35. The predicted molar refractivity (Wildman–Crippen MR) is 232 cm³/mol. The average Bonchev–Trinajstić information content (AvgIpc) is 3.65. The van der Waals surface area contributed by atoms with E-state index in [-0.39, 0.29) is 0 Å². The SMILES string of the molecule is c1ccc(-c2nc(-c3ccccc3)nc(-c3ccc4c5cc(-c6cccc(-c7ccc8sc9ccccc9c8c7)c6)ccc5c5ccccc5c4c3)n2)cc1. The Labute approximate surface area is 321 Å². The van der Waals surface area contributed by atoms with Crippen LogP contribution in [0, 0.1) is 0 Å². The molecular weight excluding hydrogens is 687 g/mol. The van der Waals surface area contributed by atoms with Crippen molar-refractivity contribution in [2.45, 2.75) is 0 Å². The smallest absolute Gasteiger partial charge is 0.164 e. The van der Waals surface area contributed by atoms with Crippen LogP contribution in [0.25, 0.3) is 109 Å². The lowest BCUT2D eigenvalue weighted by Gasteiger charge is -2.14. The second-order valence-corrected chi connectivity index (χ2v) is 15.1. The van der Waals surface area contributed by atoms with E-state index in [0.717, 1.165) is 16.7 Å². The van der Waals surface area contributed by atoms with Crippen molar-refractivity contribution in [1.29, 1.82) is 0 Å². The first-order valence-electron chi connectivity index (χ1n) is 18.5. The number of aromatic nitrogens is 3. The Balaban J connectivity index is 1.06. The molecule has 0 N–H and O–H groups in total. The van der Waals surface area contributed by atoms with Crippen LogP contribution in [-0.4, -0.2) is 15.0 Å². The monoisotopic (exact) mass is 717 g/mol. The molecule has 11 rings (SSSR count). The van der Waals surface area contributed by atoms with Crippen LogP contribution in [0.5, 0.6) is 0 Å². The van der Waals surface area contributed by atoms with Crippen LogP contribution >= 0.6 is 11.3 Å². The number of hydrogen-bond acceptors (Lipinski definition) is 4. The van der Waals surface area contributed by atoms with Gasteiger partial charge in [-0.1, -0.05) is 152 Å². The molecule has 11 aromatic rings. The van der Waals surface area contributed by atoms with Crippen molar-refractivity contribution in [3.63, 3.8) is 0 Å². The fraction of sp³-hybridized carbons (Fsp3) is 0. The van der Waals surface area contributed by atoms with Gasteiger partial charge in [0.05, 0.1) is 0 Å². The summed E-state index contributed by atoms with van der Waals surface area (Å²) >= 11 is 1.86. The zero-order valence-corrected chi connectivity index (χ0v) is 30.5. The van der Waals surface area contributed by atoms with Gasteiger partial charge in [-0.3, -0.25) is 0 Å². The van der Waals surface area contributed by atoms with Gasteiger partial charge in [-0.25, -0.2) is 15.0 Å². The van der Waals surface area contributed by atoms with Gasteiger partial charge in [0.1, 0.15) is 0 Å². The topological polar surface area (TPSA) is 38.7 Å². The van der Waals surface area contributed by atoms with Crippen LogP contribution in [0.2, 0.25) is 0 Å². The molecule has 0 saturated heterocycles. The lowest BCUT2D eigenvalue weighted by Crippen LogP contribution is -2.00. The molecule has 0 fully saturated rings. The summed E-state index contributed by atoms with van der Waals surface area (Å²) in [4.78, 5) is 15.0. The molecule has 0 aliphatic carbocycles. The fourth-order valence-corrected chi connectivity index (χ4v) is 9.08. The zero-order chi connectivity index (χ0) is 36.3. The first kappa shape index (κ1) is 31.5. The molecular formula is C51H31N3S. The first-order valence-corrected chi connectivity index (χ1v) is 19.3. The van der Waals surface area contributed by atoms with Crippen LogP contribution < -0.4 is 0 Å². The van der Waals surface area contributed by atoms with Gasteiger partial charge in [0.2, 0.25) is 0 Å². The van der Waals surface area contributed by atoms with Crippen LogP contribution in [0.4, 0.5) is 0 Å². The average molecular weight is 718 g/mol. The third-order valence-corrected chi connectivity index (χ3v) is 11.9. The van der Waals surface area contributed by atoms with E-state index in [1.54, 1.807) is 0 Å². The molecule has 256 valence electrons. The molecule has 55 heavy (non-hydrogen) atoms. The lowest BCUT2D eigenvalue weighted by molar-refractivity contribution is 1.07. The Morgan fingerprint density at radius 3 is 1.29 bits per heavy atom. The summed E-state index contributed by atoms with van der Waals surface area (Å²) < 4.78 is 2.65. The van der Waals surface area contributed by atoms with Gasteiger partial charge in [0, 0.05) is 36.9 Å². The Bertz CT molecular complexity index is 3200. The van der Waals surface area contributed by atoms with E-state index in [9.17, 15) is 0 Å². The van der Waals surface area contributed by atoms with E-state index < -0.39 is 0 Å². The summed E-state index contributed by atoms with van der Waals surface area (Å²) in [7, 11) is 0. The second kappa shape index (κ2) is 12.8. The zero-order valence-electron chi connectivity index (χ0n) is 29.6. The predicted octanol–water partition coefficient (Wildman–Crippen LogP) is 14.0. The minimum atomic E-state index is 0.651. The maximum atomic E-state index is 5.04. The van der Waals surface area contributed by atoms with E-state index in [0.29, 0.717) is 17.5 Å². The first-order chi connectivity index (χ1) is 27.2. The van der Waals surface area contributed by atoms with Crippen molar-refractivity contribution < 1.29 is 0 Å². The molecule has 0 bridgehead atoms. The van der Waals surface area contributed by atoms with Gasteiger partial charge in [-0.15, -0.1) is 11.3 Å². The standard InChI is InChI=1S/C51H31N3S/c1-3-12-32(13-4-1)49-52-50(33-14-5-2-6-15-33)54-51(53-49)38-23-26-42-44-29-36(22-25-41(44)39-18-7-8-19-40(39)45(42)31-38)34-16-11-17-35(28-34)37-24-27-48-46(30-37)43-20-9-10-21-47(43)55-48/h1-31H. The molecule has 0 radical (unpaired) electrons. The highest BCUT2D eigenvalue weighted by atomic mass is 32.1. The van der Waals surface area contributed by atoms with Gasteiger partial charge in [0.25, 0.3) is 0 Å². The third-order valence-electron chi connectivity index (χ3n) is 10.7. The highest BCUT2D eigenvalue weighted by Crippen LogP contribution is 2.40. The number of rotatable bonds is 5.